The molecule has 24 heavy (non-hydrogen) atoms. The first-order valence-corrected chi connectivity index (χ1v) is 9.77. The standard InChI is InChI=1S/C15H21N5O3S/c1-4-20-10(2)7-12(18-20)15(21)19-6-5-11(9-19)14-13(8-16-17-14)24(3,22)23/h7-8,11H,4-6,9H2,1-3H3,(H,16,17). The fourth-order valence-corrected chi connectivity index (χ4v) is 4.01. The molecular weight excluding hydrogens is 330 g/mol. The van der Waals surface area contributed by atoms with Crippen molar-refractivity contribution in [2.24, 2.45) is 0 Å². The molecule has 0 bridgehead atoms. The first kappa shape index (κ1) is 16.7. The Morgan fingerprint density at radius 2 is 2.21 bits per heavy atom. The maximum absolute atomic E-state index is 12.6. The lowest BCUT2D eigenvalue weighted by Crippen LogP contribution is -2.29. The topological polar surface area (TPSA) is 101 Å². The Morgan fingerprint density at radius 1 is 1.46 bits per heavy atom. The fourth-order valence-electron chi connectivity index (χ4n) is 3.15. The highest BCUT2D eigenvalue weighted by Crippen LogP contribution is 2.30. The molecule has 9 heteroatoms. The summed E-state index contributed by atoms with van der Waals surface area (Å²) in [6.07, 6.45) is 3.20. The van der Waals surface area contributed by atoms with Crippen molar-refractivity contribution >= 4 is 15.7 Å². The summed E-state index contributed by atoms with van der Waals surface area (Å²) in [5, 5.41) is 11.0. The third kappa shape index (κ3) is 2.95. The predicted octanol–water partition coefficient (Wildman–Crippen LogP) is 0.968. The average molecular weight is 351 g/mol. The van der Waals surface area contributed by atoms with Crippen LogP contribution in [0.3, 0.4) is 0 Å². The summed E-state index contributed by atoms with van der Waals surface area (Å²) in [5.74, 6) is -0.177. The zero-order chi connectivity index (χ0) is 17.5. The molecule has 8 nitrogen and oxygen atoms in total. The summed E-state index contributed by atoms with van der Waals surface area (Å²) >= 11 is 0. The Balaban J connectivity index is 1.78. The number of amides is 1. The number of carbonyl (C=O) groups excluding carboxylic acids is 1. The van der Waals surface area contributed by atoms with Gasteiger partial charge in [-0.1, -0.05) is 0 Å². The molecule has 1 N–H and O–H groups in total. The summed E-state index contributed by atoms with van der Waals surface area (Å²) < 4.78 is 25.4. The number of aryl methyl sites for hydroxylation is 2. The second kappa shape index (κ2) is 6.04. The number of sulfone groups is 1. The van der Waals surface area contributed by atoms with E-state index in [-0.39, 0.29) is 16.7 Å². The number of aromatic amines is 1. The minimum Gasteiger partial charge on any atom is -0.337 e. The number of aromatic nitrogens is 4. The molecule has 0 saturated carbocycles. The van der Waals surface area contributed by atoms with E-state index in [1.165, 1.54) is 12.5 Å². The highest BCUT2D eigenvalue weighted by atomic mass is 32.2. The van der Waals surface area contributed by atoms with Crippen LogP contribution in [0, 0.1) is 6.92 Å². The van der Waals surface area contributed by atoms with Gasteiger partial charge >= 0.3 is 0 Å². The van der Waals surface area contributed by atoms with Crippen molar-refractivity contribution in [3.8, 4) is 0 Å². The number of rotatable bonds is 4. The Bertz CT molecular complexity index is 868. The molecule has 3 rings (SSSR count). The lowest BCUT2D eigenvalue weighted by molar-refractivity contribution is 0.0784. The van der Waals surface area contributed by atoms with Crippen LogP contribution in [0.5, 0.6) is 0 Å². The highest BCUT2D eigenvalue weighted by Gasteiger charge is 2.33. The molecule has 1 atom stereocenters. The van der Waals surface area contributed by atoms with Crippen LogP contribution < -0.4 is 0 Å². The van der Waals surface area contributed by atoms with Crippen LogP contribution in [0.2, 0.25) is 0 Å². The van der Waals surface area contributed by atoms with E-state index in [0.29, 0.717) is 37.4 Å². The minimum absolute atomic E-state index is 0.0597. The predicted molar refractivity (Wildman–Crippen MR) is 87.6 cm³/mol. The van der Waals surface area contributed by atoms with Gasteiger partial charge in [0.05, 0.1) is 11.9 Å². The number of nitrogens with zero attached hydrogens (tertiary/aromatic N) is 4. The van der Waals surface area contributed by atoms with Crippen LogP contribution in [0.25, 0.3) is 0 Å². The van der Waals surface area contributed by atoms with E-state index in [2.05, 4.69) is 15.3 Å². The van der Waals surface area contributed by atoms with E-state index in [4.69, 9.17) is 0 Å². The summed E-state index contributed by atoms with van der Waals surface area (Å²) in [6, 6.07) is 1.79. The van der Waals surface area contributed by atoms with Crippen molar-refractivity contribution in [1.82, 2.24) is 24.9 Å². The van der Waals surface area contributed by atoms with E-state index < -0.39 is 9.84 Å². The normalized spacial score (nSPS) is 18.3. The number of H-pyrrole nitrogens is 1. The Kier molecular flexibility index (Phi) is 4.20. The molecule has 1 aliphatic rings. The lowest BCUT2D eigenvalue weighted by atomic mass is 10.1. The molecule has 0 radical (unpaired) electrons. The number of likely N-dealkylation sites (tertiary alicyclic amines) is 1. The van der Waals surface area contributed by atoms with Crippen molar-refractivity contribution < 1.29 is 13.2 Å². The summed E-state index contributed by atoms with van der Waals surface area (Å²) in [7, 11) is -3.34. The Hall–Kier alpha value is -2.16. The lowest BCUT2D eigenvalue weighted by Gasteiger charge is -2.15. The average Bonchev–Trinajstić information content (AvgIpc) is 3.24. The van der Waals surface area contributed by atoms with Gasteiger partial charge in [0.25, 0.3) is 5.91 Å². The third-order valence-corrected chi connectivity index (χ3v) is 5.54. The van der Waals surface area contributed by atoms with Gasteiger partial charge in [-0.05, 0) is 26.3 Å². The maximum Gasteiger partial charge on any atom is 0.274 e. The zero-order valence-electron chi connectivity index (χ0n) is 14.0. The van der Waals surface area contributed by atoms with Gasteiger partial charge in [-0.3, -0.25) is 14.6 Å². The van der Waals surface area contributed by atoms with E-state index >= 15 is 0 Å². The van der Waals surface area contributed by atoms with Gasteiger partial charge in [0, 0.05) is 37.5 Å². The quantitative estimate of drug-likeness (QED) is 0.884. The van der Waals surface area contributed by atoms with E-state index in [0.717, 1.165) is 5.69 Å². The first-order valence-electron chi connectivity index (χ1n) is 7.88. The second-order valence-corrected chi connectivity index (χ2v) is 8.13. The van der Waals surface area contributed by atoms with Crippen LogP contribution in [0.4, 0.5) is 0 Å². The Morgan fingerprint density at radius 3 is 2.83 bits per heavy atom. The molecular formula is C15H21N5O3S. The largest absolute Gasteiger partial charge is 0.337 e. The Labute approximate surface area is 140 Å². The van der Waals surface area contributed by atoms with E-state index in [9.17, 15) is 13.2 Å². The molecule has 1 unspecified atom stereocenters. The van der Waals surface area contributed by atoms with Crippen molar-refractivity contribution in [2.45, 2.75) is 37.6 Å². The van der Waals surface area contributed by atoms with Gasteiger partial charge in [0.1, 0.15) is 4.90 Å². The highest BCUT2D eigenvalue weighted by molar-refractivity contribution is 7.90. The number of hydrogen-bond acceptors (Lipinski definition) is 5. The molecule has 1 saturated heterocycles. The van der Waals surface area contributed by atoms with Crippen LogP contribution in [0.1, 0.15) is 41.1 Å². The minimum atomic E-state index is -3.34. The number of nitrogens with one attached hydrogen (secondary N) is 1. The van der Waals surface area contributed by atoms with E-state index in [1.807, 2.05) is 13.8 Å². The van der Waals surface area contributed by atoms with Crippen LogP contribution in [0.15, 0.2) is 17.2 Å². The number of hydrogen-bond donors (Lipinski definition) is 1. The smallest absolute Gasteiger partial charge is 0.274 e. The van der Waals surface area contributed by atoms with Gasteiger partial charge in [-0.25, -0.2) is 8.42 Å². The first-order chi connectivity index (χ1) is 11.3. The molecule has 0 aromatic carbocycles. The molecule has 0 aliphatic carbocycles. The van der Waals surface area contributed by atoms with Crippen LogP contribution >= 0.6 is 0 Å². The monoisotopic (exact) mass is 351 g/mol. The van der Waals surface area contributed by atoms with Gasteiger partial charge in [-0.15, -0.1) is 0 Å². The van der Waals surface area contributed by atoms with Crippen LogP contribution in [-0.2, 0) is 16.4 Å². The molecule has 1 fully saturated rings. The SMILES string of the molecule is CCn1nc(C(=O)N2CCC(c3[nH]ncc3S(C)(=O)=O)C2)cc1C. The van der Waals surface area contributed by atoms with Crippen molar-refractivity contribution in [1.29, 1.82) is 0 Å². The van der Waals surface area contributed by atoms with Gasteiger partial charge in [-0.2, -0.15) is 10.2 Å². The molecule has 3 heterocycles. The molecule has 1 aliphatic heterocycles. The van der Waals surface area contributed by atoms with Gasteiger partial charge < -0.3 is 4.90 Å². The van der Waals surface area contributed by atoms with Crippen LogP contribution in [-0.4, -0.2) is 58.5 Å². The number of carbonyl (C=O) groups is 1. The summed E-state index contributed by atoms with van der Waals surface area (Å²) in [4.78, 5) is 14.6. The van der Waals surface area contributed by atoms with Gasteiger partial charge in [0.2, 0.25) is 0 Å². The third-order valence-electron chi connectivity index (χ3n) is 4.42. The molecule has 2 aromatic rings. The summed E-state index contributed by atoms with van der Waals surface area (Å²) in [6.45, 7) is 5.65. The second-order valence-electron chi connectivity index (χ2n) is 6.14. The molecule has 2 aromatic heterocycles. The van der Waals surface area contributed by atoms with Crippen molar-refractivity contribution in [2.75, 3.05) is 19.3 Å². The molecule has 130 valence electrons. The molecule has 1 amide bonds. The van der Waals surface area contributed by atoms with Gasteiger partial charge in [0.15, 0.2) is 15.5 Å². The fraction of sp³-hybridized carbons (Fsp3) is 0.533. The van der Waals surface area contributed by atoms with E-state index in [1.54, 1.807) is 15.6 Å². The summed E-state index contributed by atoms with van der Waals surface area (Å²) in [5.41, 5.74) is 1.97. The maximum atomic E-state index is 12.6. The molecule has 0 spiro atoms. The zero-order valence-corrected chi connectivity index (χ0v) is 14.8. The van der Waals surface area contributed by atoms with Crippen molar-refractivity contribution in [3.05, 3.63) is 29.3 Å². The van der Waals surface area contributed by atoms with Crippen molar-refractivity contribution in [3.63, 3.8) is 0 Å².